The molecule has 1 amide bonds. The lowest BCUT2D eigenvalue weighted by atomic mass is 9.96. The molecule has 0 radical (unpaired) electrons. The van der Waals surface area contributed by atoms with Gasteiger partial charge in [0.1, 0.15) is 0 Å². The first-order valence-corrected chi connectivity index (χ1v) is 6.23. The van der Waals surface area contributed by atoms with Crippen molar-refractivity contribution in [3.05, 3.63) is 0 Å². The van der Waals surface area contributed by atoms with Crippen molar-refractivity contribution in [3.63, 3.8) is 0 Å². The van der Waals surface area contributed by atoms with Crippen LogP contribution in [0.2, 0.25) is 0 Å². The molecular formula is C13H22N2O. The molecule has 0 aromatic heterocycles. The molecule has 0 aromatic rings. The van der Waals surface area contributed by atoms with Gasteiger partial charge in [-0.15, -0.1) is 12.3 Å². The molecule has 1 saturated carbocycles. The van der Waals surface area contributed by atoms with Crippen LogP contribution in [0.25, 0.3) is 0 Å². The van der Waals surface area contributed by atoms with Gasteiger partial charge in [-0.25, -0.2) is 0 Å². The van der Waals surface area contributed by atoms with Gasteiger partial charge in [0.15, 0.2) is 0 Å². The number of hydrogen-bond acceptors (Lipinski definition) is 2. The molecule has 16 heavy (non-hydrogen) atoms. The van der Waals surface area contributed by atoms with Crippen molar-refractivity contribution >= 4 is 5.91 Å². The Labute approximate surface area is 98.2 Å². The van der Waals surface area contributed by atoms with E-state index in [0.717, 1.165) is 12.8 Å². The van der Waals surface area contributed by atoms with E-state index in [1.165, 1.54) is 32.1 Å². The monoisotopic (exact) mass is 222 g/mol. The van der Waals surface area contributed by atoms with E-state index in [1.54, 1.807) is 0 Å². The van der Waals surface area contributed by atoms with E-state index in [2.05, 4.69) is 11.2 Å². The summed E-state index contributed by atoms with van der Waals surface area (Å²) in [5, 5.41) is 3.01. The molecule has 1 aliphatic rings. The Morgan fingerprint density at radius 3 is 2.44 bits per heavy atom. The molecule has 1 unspecified atom stereocenters. The minimum Gasteiger partial charge on any atom is -0.352 e. The van der Waals surface area contributed by atoms with Crippen LogP contribution in [0.3, 0.4) is 0 Å². The summed E-state index contributed by atoms with van der Waals surface area (Å²) in [6, 6.07) is -0.243. The quantitative estimate of drug-likeness (QED) is 0.712. The summed E-state index contributed by atoms with van der Waals surface area (Å²) < 4.78 is 0. The summed E-state index contributed by atoms with van der Waals surface area (Å²) in [6.07, 6.45) is 13.9. The molecular weight excluding hydrogens is 200 g/mol. The minimum atomic E-state index is -0.546. The highest BCUT2D eigenvalue weighted by atomic mass is 16.2. The van der Waals surface area contributed by atoms with Crippen molar-refractivity contribution in [3.8, 4) is 12.3 Å². The topological polar surface area (TPSA) is 55.1 Å². The van der Waals surface area contributed by atoms with Crippen molar-refractivity contribution in [2.45, 2.75) is 63.5 Å². The molecule has 3 heteroatoms. The van der Waals surface area contributed by atoms with Gasteiger partial charge in [-0.05, 0) is 12.8 Å². The Kier molecular flexibility index (Phi) is 5.95. The molecule has 0 spiro atoms. The van der Waals surface area contributed by atoms with Crippen LogP contribution in [0.1, 0.15) is 51.4 Å². The fraction of sp³-hybridized carbons (Fsp3) is 0.769. The second-order valence-corrected chi connectivity index (χ2v) is 4.57. The zero-order chi connectivity index (χ0) is 11.8. The fourth-order valence-corrected chi connectivity index (χ4v) is 2.13. The van der Waals surface area contributed by atoms with Crippen molar-refractivity contribution in [2.75, 3.05) is 0 Å². The normalized spacial score (nSPS) is 20.2. The minimum absolute atomic E-state index is 0.0940. The molecule has 3 nitrogen and oxygen atoms in total. The second kappa shape index (κ2) is 7.29. The predicted molar refractivity (Wildman–Crippen MR) is 65.7 cm³/mol. The molecule has 0 aromatic carbocycles. The van der Waals surface area contributed by atoms with E-state index in [4.69, 9.17) is 12.2 Å². The maximum Gasteiger partial charge on any atom is 0.238 e. The molecule has 1 atom stereocenters. The summed E-state index contributed by atoms with van der Waals surface area (Å²) in [4.78, 5) is 11.7. The van der Waals surface area contributed by atoms with Crippen molar-refractivity contribution in [1.82, 2.24) is 5.32 Å². The van der Waals surface area contributed by atoms with Crippen LogP contribution in [0.4, 0.5) is 0 Å². The van der Waals surface area contributed by atoms with Gasteiger partial charge in [-0.1, -0.05) is 32.1 Å². The van der Waals surface area contributed by atoms with E-state index >= 15 is 0 Å². The van der Waals surface area contributed by atoms with E-state index in [1.807, 2.05) is 0 Å². The average Bonchev–Trinajstić information content (AvgIpc) is 2.22. The maximum atomic E-state index is 11.7. The lowest BCUT2D eigenvalue weighted by molar-refractivity contribution is -0.123. The molecule has 1 rings (SSSR count). The molecule has 90 valence electrons. The third-order valence-electron chi connectivity index (χ3n) is 3.13. The Morgan fingerprint density at radius 2 is 1.88 bits per heavy atom. The number of nitrogens with two attached hydrogens (primary N) is 1. The third kappa shape index (κ3) is 4.67. The number of carbonyl (C=O) groups is 1. The van der Waals surface area contributed by atoms with Crippen LogP contribution in [0.5, 0.6) is 0 Å². The van der Waals surface area contributed by atoms with Crippen LogP contribution in [0, 0.1) is 12.3 Å². The van der Waals surface area contributed by atoms with Crippen LogP contribution < -0.4 is 11.1 Å². The predicted octanol–water partition coefficient (Wildman–Crippen LogP) is 1.57. The highest BCUT2D eigenvalue weighted by Crippen LogP contribution is 2.17. The van der Waals surface area contributed by atoms with Crippen LogP contribution in [-0.4, -0.2) is 18.0 Å². The van der Waals surface area contributed by atoms with Crippen LogP contribution in [0.15, 0.2) is 0 Å². The number of rotatable bonds is 3. The first-order chi connectivity index (χ1) is 7.74. The van der Waals surface area contributed by atoms with Gasteiger partial charge in [-0.3, -0.25) is 4.79 Å². The number of hydrogen-bond donors (Lipinski definition) is 2. The van der Waals surface area contributed by atoms with E-state index in [-0.39, 0.29) is 5.91 Å². The van der Waals surface area contributed by atoms with Crippen molar-refractivity contribution in [1.29, 1.82) is 0 Å². The van der Waals surface area contributed by atoms with Gasteiger partial charge in [-0.2, -0.15) is 0 Å². The second-order valence-electron chi connectivity index (χ2n) is 4.57. The summed E-state index contributed by atoms with van der Waals surface area (Å²) in [5.41, 5.74) is 5.66. The van der Waals surface area contributed by atoms with E-state index in [9.17, 15) is 4.79 Å². The van der Waals surface area contributed by atoms with Gasteiger partial charge in [0.2, 0.25) is 5.91 Å². The number of nitrogens with one attached hydrogen (secondary N) is 1. The first kappa shape index (κ1) is 13.1. The zero-order valence-electron chi connectivity index (χ0n) is 9.87. The number of terminal acetylenes is 1. The lowest BCUT2D eigenvalue weighted by Crippen LogP contribution is -2.45. The summed E-state index contributed by atoms with van der Waals surface area (Å²) in [6.45, 7) is 0. The molecule has 1 aliphatic carbocycles. The van der Waals surface area contributed by atoms with Crippen molar-refractivity contribution in [2.24, 2.45) is 5.73 Å². The fourth-order valence-electron chi connectivity index (χ4n) is 2.13. The smallest absolute Gasteiger partial charge is 0.238 e. The van der Waals surface area contributed by atoms with Gasteiger partial charge < -0.3 is 11.1 Å². The summed E-state index contributed by atoms with van der Waals surface area (Å²) in [7, 11) is 0. The molecule has 0 bridgehead atoms. The highest BCUT2D eigenvalue weighted by Gasteiger charge is 2.17. The van der Waals surface area contributed by atoms with Crippen LogP contribution in [-0.2, 0) is 4.79 Å². The molecule has 0 heterocycles. The van der Waals surface area contributed by atoms with Gasteiger partial charge >= 0.3 is 0 Å². The van der Waals surface area contributed by atoms with E-state index < -0.39 is 6.04 Å². The Hall–Kier alpha value is -1.01. The molecule has 0 aliphatic heterocycles. The third-order valence-corrected chi connectivity index (χ3v) is 3.13. The van der Waals surface area contributed by atoms with Crippen molar-refractivity contribution < 1.29 is 4.79 Å². The molecule has 0 saturated heterocycles. The molecule has 1 fully saturated rings. The summed E-state index contributed by atoms with van der Waals surface area (Å²) in [5.74, 6) is 2.33. The SMILES string of the molecule is C#CCC(N)C(=O)NC1CCCCCCC1. The van der Waals surface area contributed by atoms with Gasteiger partial charge in [0.05, 0.1) is 6.04 Å². The standard InChI is InChI=1S/C13H22N2O/c1-2-8-12(14)13(16)15-11-9-6-4-3-5-7-10-11/h1,11-12H,3-10,14H2,(H,15,16). The number of carbonyl (C=O) groups excluding carboxylic acids is 1. The van der Waals surface area contributed by atoms with E-state index in [0.29, 0.717) is 12.5 Å². The van der Waals surface area contributed by atoms with Gasteiger partial charge in [0.25, 0.3) is 0 Å². The highest BCUT2D eigenvalue weighted by molar-refractivity contribution is 5.82. The average molecular weight is 222 g/mol. The lowest BCUT2D eigenvalue weighted by Gasteiger charge is -2.22. The van der Waals surface area contributed by atoms with Crippen LogP contribution >= 0.6 is 0 Å². The Balaban J connectivity index is 2.33. The largest absolute Gasteiger partial charge is 0.352 e. The first-order valence-electron chi connectivity index (χ1n) is 6.23. The molecule has 3 N–H and O–H groups in total. The van der Waals surface area contributed by atoms with Gasteiger partial charge in [0, 0.05) is 12.5 Å². The Morgan fingerprint density at radius 1 is 1.31 bits per heavy atom. The maximum absolute atomic E-state index is 11.7. The zero-order valence-corrected chi connectivity index (χ0v) is 9.87. The number of amides is 1. The summed E-state index contributed by atoms with van der Waals surface area (Å²) >= 11 is 0. The Bertz CT molecular complexity index is 249.